The van der Waals surface area contributed by atoms with Crippen LogP contribution >= 0.6 is 0 Å². The molecule has 1 aromatic carbocycles. The maximum atomic E-state index is 10.5. The monoisotopic (exact) mass is 264 g/mol. The smallest absolute Gasteiger partial charge is 0.269 e. The fraction of sp³-hybridized carbons (Fsp3) is 0.571. The number of rotatable bonds is 6. The molecule has 1 aliphatic carbocycles. The maximum absolute atomic E-state index is 10.5. The van der Waals surface area contributed by atoms with Gasteiger partial charge in [-0.15, -0.1) is 0 Å². The molecule has 19 heavy (non-hydrogen) atoms. The Morgan fingerprint density at radius 2 is 2.11 bits per heavy atom. The van der Waals surface area contributed by atoms with Crippen LogP contribution in [0.25, 0.3) is 0 Å². The first-order chi connectivity index (χ1) is 9.16. The lowest BCUT2D eigenvalue weighted by Crippen LogP contribution is -2.34. The quantitative estimate of drug-likeness (QED) is 0.487. The predicted molar refractivity (Wildman–Crippen MR) is 73.4 cm³/mol. The summed E-state index contributed by atoms with van der Waals surface area (Å²) in [5.74, 6) is 1.42. The Balaban J connectivity index is 1.69. The second-order valence-corrected chi connectivity index (χ2v) is 5.07. The van der Waals surface area contributed by atoms with Crippen molar-refractivity contribution in [3.8, 4) is 5.75 Å². The van der Waals surface area contributed by atoms with Crippen molar-refractivity contribution in [1.82, 2.24) is 5.32 Å². The summed E-state index contributed by atoms with van der Waals surface area (Å²) in [5.41, 5.74) is 0.0882. The highest BCUT2D eigenvalue weighted by Crippen LogP contribution is 2.24. The summed E-state index contributed by atoms with van der Waals surface area (Å²) in [7, 11) is 0. The average molecular weight is 264 g/mol. The van der Waals surface area contributed by atoms with Crippen LogP contribution in [0.1, 0.15) is 26.2 Å². The van der Waals surface area contributed by atoms with Crippen molar-refractivity contribution in [3.05, 3.63) is 34.4 Å². The second kappa shape index (κ2) is 6.52. The zero-order chi connectivity index (χ0) is 13.7. The van der Waals surface area contributed by atoms with Crippen molar-refractivity contribution in [3.63, 3.8) is 0 Å². The van der Waals surface area contributed by atoms with Gasteiger partial charge in [0.05, 0.1) is 4.92 Å². The van der Waals surface area contributed by atoms with E-state index in [4.69, 9.17) is 4.74 Å². The molecule has 5 heteroatoms. The number of ether oxygens (including phenoxy) is 1. The van der Waals surface area contributed by atoms with Crippen molar-refractivity contribution >= 4 is 5.69 Å². The molecule has 0 aromatic heterocycles. The molecule has 1 N–H and O–H groups in total. The number of hydrogen-bond acceptors (Lipinski definition) is 4. The molecule has 0 amide bonds. The van der Waals surface area contributed by atoms with Gasteiger partial charge in [-0.2, -0.15) is 0 Å². The molecule has 0 aliphatic heterocycles. The molecule has 0 heterocycles. The highest BCUT2D eigenvalue weighted by molar-refractivity contribution is 5.35. The van der Waals surface area contributed by atoms with E-state index in [2.05, 4.69) is 12.2 Å². The zero-order valence-electron chi connectivity index (χ0n) is 11.2. The number of nitrogens with zero attached hydrogens (tertiary/aromatic N) is 1. The van der Waals surface area contributed by atoms with Gasteiger partial charge < -0.3 is 10.1 Å². The van der Waals surface area contributed by atoms with Gasteiger partial charge in [-0.25, -0.2) is 0 Å². The topological polar surface area (TPSA) is 64.4 Å². The van der Waals surface area contributed by atoms with Gasteiger partial charge in [0.25, 0.3) is 5.69 Å². The third-order valence-corrected chi connectivity index (χ3v) is 3.69. The van der Waals surface area contributed by atoms with Gasteiger partial charge >= 0.3 is 0 Å². The van der Waals surface area contributed by atoms with Crippen LogP contribution in [-0.4, -0.2) is 24.1 Å². The third-order valence-electron chi connectivity index (χ3n) is 3.69. The Morgan fingerprint density at radius 1 is 1.37 bits per heavy atom. The van der Waals surface area contributed by atoms with Gasteiger partial charge in [0, 0.05) is 24.7 Å². The molecule has 1 aromatic rings. The zero-order valence-corrected chi connectivity index (χ0v) is 11.2. The predicted octanol–water partition coefficient (Wildman–Crippen LogP) is 2.75. The third kappa shape index (κ3) is 3.92. The van der Waals surface area contributed by atoms with Crippen LogP contribution in [0.4, 0.5) is 5.69 Å². The van der Waals surface area contributed by atoms with Gasteiger partial charge in [0.1, 0.15) is 12.4 Å². The van der Waals surface area contributed by atoms with E-state index in [1.807, 2.05) is 0 Å². The minimum Gasteiger partial charge on any atom is -0.492 e. The lowest BCUT2D eigenvalue weighted by molar-refractivity contribution is -0.384. The summed E-state index contributed by atoms with van der Waals surface area (Å²) < 4.78 is 5.55. The van der Waals surface area contributed by atoms with E-state index in [0.717, 1.165) is 12.5 Å². The van der Waals surface area contributed by atoms with Crippen LogP contribution < -0.4 is 10.1 Å². The molecular weight excluding hydrogens is 244 g/mol. The van der Waals surface area contributed by atoms with Crippen LogP contribution in [0.5, 0.6) is 5.75 Å². The van der Waals surface area contributed by atoms with Crippen molar-refractivity contribution in [1.29, 1.82) is 0 Å². The van der Waals surface area contributed by atoms with Crippen molar-refractivity contribution in [2.24, 2.45) is 5.92 Å². The van der Waals surface area contributed by atoms with E-state index in [0.29, 0.717) is 18.4 Å². The Labute approximate surface area is 113 Å². The summed E-state index contributed by atoms with van der Waals surface area (Å²) in [4.78, 5) is 10.1. The van der Waals surface area contributed by atoms with Gasteiger partial charge in [-0.1, -0.05) is 13.3 Å². The summed E-state index contributed by atoms with van der Waals surface area (Å²) in [6.45, 7) is 3.68. The molecule has 0 radical (unpaired) electrons. The highest BCUT2D eigenvalue weighted by atomic mass is 16.6. The number of hydrogen-bond donors (Lipinski definition) is 1. The molecule has 2 atom stereocenters. The SMILES string of the molecule is CC1CCCC1NCCOc1ccc([N+](=O)[O-])cc1. The average Bonchev–Trinajstić information content (AvgIpc) is 2.81. The number of nitrogens with one attached hydrogen (secondary N) is 1. The standard InChI is InChI=1S/C14H20N2O3/c1-11-3-2-4-14(11)15-9-10-19-13-7-5-12(6-8-13)16(17)18/h5-8,11,14-15H,2-4,9-10H2,1H3. The molecule has 0 bridgehead atoms. The number of benzene rings is 1. The van der Waals surface area contributed by atoms with Crippen LogP contribution in [-0.2, 0) is 0 Å². The Bertz CT molecular complexity index is 419. The van der Waals surface area contributed by atoms with E-state index < -0.39 is 4.92 Å². The number of nitro groups is 1. The Morgan fingerprint density at radius 3 is 2.68 bits per heavy atom. The van der Waals surface area contributed by atoms with Crippen molar-refractivity contribution in [2.45, 2.75) is 32.2 Å². The first kappa shape index (κ1) is 13.8. The molecule has 2 rings (SSSR count). The van der Waals surface area contributed by atoms with E-state index in [-0.39, 0.29) is 5.69 Å². The van der Waals surface area contributed by atoms with Gasteiger partial charge in [0.2, 0.25) is 0 Å². The summed E-state index contributed by atoms with van der Waals surface area (Å²) >= 11 is 0. The number of nitro benzene ring substituents is 1. The van der Waals surface area contributed by atoms with E-state index in [1.54, 1.807) is 12.1 Å². The molecule has 1 saturated carbocycles. The molecule has 0 spiro atoms. The van der Waals surface area contributed by atoms with Crippen LogP contribution in [0.15, 0.2) is 24.3 Å². The van der Waals surface area contributed by atoms with E-state index in [1.165, 1.54) is 31.4 Å². The van der Waals surface area contributed by atoms with Gasteiger partial charge in [-0.05, 0) is 30.9 Å². The minimum absolute atomic E-state index is 0.0882. The molecule has 104 valence electrons. The second-order valence-electron chi connectivity index (χ2n) is 5.07. The molecule has 0 saturated heterocycles. The lowest BCUT2D eigenvalue weighted by Gasteiger charge is -2.17. The molecular formula is C14H20N2O3. The summed E-state index contributed by atoms with van der Waals surface area (Å²) in [6, 6.07) is 6.80. The summed E-state index contributed by atoms with van der Waals surface area (Å²) in [6.07, 6.45) is 3.86. The van der Waals surface area contributed by atoms with Gasteiger partial charge in [0.15, 0.2) is 0 Å². The first-order valence-corrected chi connectivity index (χ1v) is 6.77. The first-order valence-electron chi connectivity index (χ1n) is 6.77. The van der Waals surface area contributed by atoms with Gasteiger partial charge in [-0.3, -0.25) is 10.1 Å². The molecule has 5 nitrogen and oxygen atoms in total. The van der Waals surface area contributed by atoms with Crippen LogP contribution in [0.3, 0.4) is 0 Å². The maximum Gasteiger partial charge on any atom is 0.269 e. The number of non-ortho nitro benzene ring substituents is 1. The van der Waals surface area contributed by atoms with Crippen LogP contribution in [0.2, 0.25) is 0 Å². The Kier molecular flexibility index (Phi) is 4.74. The van der Waals surface area contributed by atoms with Crippen LogP contribution in [0, 0.1) is 16.0 Å². The lowest BCUT2D eigenvalue weighted by atomic mass is 10.1. The van der Waals surface area contributed by atoms with E-state index in [9.17, 15) is 10.1 Å². The fourth-order valence-corrected chi connectivity index (χ4v) is 2.53. The normalized spacial score (nSPS) is 22.4. The van der Waals surface area contributed by atoms with E-state index >= 15 is 0 Å². The van der Waals surface area contributed by atoms with Crippen molar-refractivity contribution in [2.75, 3.05) is 13.2 Å². The molecule has 1 fully saturated rings. The van der Waals surface area contributed by atoms with Crippen molar-refractivity contribution < 1.29 is 9.66 Å². The Hall–Kier alpha value is -1.62. The fourth-order valence-electron chi connectivity index (χ4n) is 2.53. The molecule has 2 unspecified atom stereocenters. The summed E-state index contributed by atoms with van der Waals surface area (Å²) in [5, 5.41) is 14.0. The molecule has 1 aliphatic rings. The largest absolute Gasteiger partial charge is 0.492 e. The highest BCUT2D eigenvalue weighted by Gasteiger charge is 2.22. The minimum atomic E-state index is -0.410.